The Kier molecular flexibility index (Phi) is 9.60. The molecule has 1 aliphatic heterocycles. The summed E-state index contributed by atoms with van der Waals surface area (Å²) < 4.78 is 24.0. The molecule has 1 fully saturated rings. The number of hydrogen-bond donors (Lipinski definition) is 1. The average molecular weight is 588 g/mol. The summed E-state index contributed by atoms with van der Waals surface area (Å²) in [5.74, 6) is -0.0557. The summed E-state index contributed by atoms with van der Waals surface area (Å²) in [7, 11) is 3.44. The first-order valence-electron chi connectivity index (χ1n) is 15.2. The molecule has 1 atom stereocenters. The lowest BCUT2D eigenvalue weighted by Crippen LogP contribution is -2.39. The van der Waals surface area contributed by atoms with E-state index in [-0.39, 0.29) is 23.5 Å². The van der Waals surface area contributed by atoms with Gasteiger partial charge < -0.3 is 19.5 Å². The van der Waals surface area contributed by atoms with Crippen molar-refractivity contribution in [3.05, 3.63) is 82.6 Å². The number of anilines is 1. The third-order valence-corrected chi connectivity index (χ3v) is 8.53. The number of ether oxygens (including phenoxy) is 1. The van der Waals surface area contributed by atoms with E-state index in [9.17, 15) is 9.59 Å². The Labute approximate surface area is 252 Å². The number of hydrogen-bond acceptors (Lipinski definition) is 4. The van der Waals surface area contributed by atoms with E-state index < -0.39 is 0 Å². The number of likely N-dealkylation sites (tertiary alicyclic amines) is 1. The van der Waals surface area contributed by atoms with Gasteiger partial charge in [0.1, 0.15) is 11.5 Å². The van der Waals surface area contributed by atoms with Crippen molar-refractivity contribution in [2.45, 2.75) is 64.8 Å². The van der Waals surface area contributed by atoms with Crippen molar-refractivity contribution in [3.8, 4) is 0 Å². The van der Waals surface area contributed by atoms with Crippen molar-refractivity contribution < 1.29 is 18.7 Å². The first-order chi connectivity index (χ1) is 20.8. The van der Waals surface area contributed by atoms with Crippen LogP contribution >= 0.6 is 0 Å². The van der Waals surface area contributed by atoms with E-state index in [4.69, 9.17) is 4.74 Å². The molecule has 5 rings (SSSR count). The van der Waals surface area contributed by atoms with Crippen LogP contribution in [0.3, 0.4) is 0 Å². The molecule has 228 valence electrons. The first kappa shape index (κ1) is 30.5. The number of carbonyl (C=O) groups excluding carboxylic acids is 2. The number of aromatic nitrogens is 3. The summed E-state index contributed by atoms with van der Waals surface area (Å²) >= 11 is 0. The summed E-state index contributed by atoms with van der Waals surface area (Å²) in [6.45, 7) is 6.66. The quantitative estimate of drug-likeness (QED) is 0.214. The highest BCUT2D eigenvalue weighted by Crippen LogP contribution is 2.37. The van der Waals surface area contributed by atoms with Crippen molar-refractivity contribution in [1.29, 1.82) is 0 Å². The Morgan fingerprint density at radius 2 is 1.91 bits per heavy atom. The van der Waals surface area contributed by atoms with E-state index >= 15 is 4.39 Å². The Balaban J connectivity index is 1.18. The summed E-state index contributed by atoms with van der Waals surface area (Å²) in [6.07, 6.45) is 4.73. The van der Waals surface area contributed by atoms with Crippen molar-refractivity contribution in [2.75, 3.05) is 32.1 Å². The summed E-state index contributed by atoms with van der Waals surface area (Å²) in [4.78, 5) is 27.9. The van der Waals surface area contributed by atoms with E-state index in [1.54, 1.807) is 31.0 Å². The number of fused-ring (bicyclic) bond motifs is 1. The van der Waals surface area contributed by atoms with Crippen LogP contribution < -0.4 is 5.32 Å². The minimum atomic E-state index is -0.202. The molecule has 2 amide bonds. The molecular weight excluding hydrogens is 545 g/mol. The molecule has 0 spiro atoms. The number of piperidine rings is 1. The molecule has 9 heteroatoms. The van der Waals surface area contributed by atoms with Crippen LogP contribution in [0.2, 0.25) is 0 Å². The zero-order valence-corrected chi connectivity index (χ0v) is 25.7. The molecule has 4 aromatic rings. The van der Waals surface area contributed by atoms with Crippen molar-refractivity contribution >= 4 is 28.4 Å². The smallest absolute Gasteiger partial charge is 0.273 e. The number of amides is 2. The van der Waals surface area contributed by atoms with E-state index in [2.05, 4.69) is 21.9 Å². The van der Waals surface area contributed by atoms with Gasteiger partial charge in [0, 0.05) is 69.5 Å². The molecule has 8 nitrogen and oxygen atoms in total. The van der Waals surface area contributed by atoms with Crippen LogP contribution in [0, 0.1) is 19.7 Å². The lowest BCUT2D eigenvalue weighted by molar-refractivity contribution is -0.132. The zero-order chi connectivity index (χ0) is 30.5. The molecule has 3 heterocycles. The third-order valence-electron chi connectivity index (χ3n) is 8.53. The van der Waals surface area contributed by atoms with E-state index in [1.807, 2.05) is 42.2 Å². The van der Waals surface area contributed by atoms with Gasteiger partial charge in [0.25, 0.3) is 5.91 Å². The Hall–Kier alpha value is -3.98. The molecule has 0 radical (unpaired) electrons. The second kappa shape index (κ2) is 13.5. The Morgan fingerprint density at radius 3 is 2.63 bits per heavy atom. The van der Waals surface area contributed by atoms with Gasteiger partial charge in [-0.3, -0.25) is 14.3 Å². The number of halogens is 1. The summed E-state index contributed by atoms with van der Waals surface area (Å²) in [5, 5.41) is 8.10. The van der Waals surface area contributed by atoms with Gasteiger partial charge in [0.05, 0.1) is 11.2 Å². The number of carbonyl (C=O) groups is 2. The highest BCUT2D eigenvalue weighted by molar-refractivity contribution is 6.03. The topological polar surface area (TPSA) is 81.4 Å². The van der Waals surface area contributed by atoms with Crippen LogP contribution in [0.25, 0.3) is 10.9 Å². The Morgan fingerprint density at radius 1 is 1.12 bits per heavy atom. The standard InChI is InChI=1S/C34H42FN5O3/c1-23-21-30(38(3)37-23)34(42)36-27-16-14-25(15-17-27)9-5-13-31(41)39-18-7-10-26(22-39)32-24(2)28-11-6-12-29(35)33(28)40(32)19-8-20-43-4/h6,11-12,14-17,21,26H,5,7-10,13,18-20,22H2,1-4H3,(H,36,42). The minimum absolute atomic E-state index is 0.171. The maximum atomic E-state index is 15.0. The molecule has 2 aromatic carbocycles. The number of nitrogens with one attached hydrogen (secondary N) is 1. The molecular formula is C34H42FN5O3. The van der Waals surface area contributed by atoms with Crippen LogP contribution in [-0.2, 0) is 29.5 Å². The average Bonchev–Trinajstić information content (AvgIpc) is 3.49. The predicted octanol–water partition coefficient (Wildman–Crippen LogP) is 6.15. The number of aryl methyl sites for hydroxylation is 5. The van der Waals surface area contributed by atoms with Gasteiger partial charge in [0.15, 0.2) is 0 Å². The van der Waals surface area contributed by atoms with Crippen LogP contribution in [-0.4, -0.2) is 57.9 Å². The largest absolute Gasteiger partial charge is 0.385 e. The van der Waals surface area contributed by atoms with Crippen LogP contribution in [0.1, 0.15) is 71.0 Å². The SMILES string of the molecule is COCCCn1c(C2CCCN(C(=O)CCCc3ccc(NC(=O)c4cc(C)nn4C)cc3)C2)c(C)c2cccc(F)c21. The first-order valence-corrected chi connectivity index (χ1v) is 15.2. The Bertz CT molecular complexity index is 1590. The maximum Gasteiger partial charge on any atom is 0.273 e. The second-order valence-corrected chi connectivity index (χ2v) is 11.6. The van der Waals surface area contributed by atoms with Gasteiger partial charge in [-0.15, -0.1) is 0 Å². The second-order valence-electron chi connectivity index (χ2n) is 11.6. The van der Waals surface area contributed by atoms with Crippen LogP contribution in [0.4, 0.5) is 10.1 Å². The summed E-state index contributed by atoms with van der Waals surface area (Å²) in [5.41, 5.74) is 6.07. The van der Waals surface area contributed by atoms with Gasteiger partial charge in [-0.05, 0) is 81.3 Å². The van der Waals surface area contributed by atoms with Gasteiger partial charge >= 0.3 is 0 Å². The van der Waals surface area contributed by atoms with Crippen molar-refractivity contribution in [1.82, 2.24) is 19.2 Å². The molecule has 0 saturated carbocycles. The van der Waals surface area contributed by atoms with Crippen LogP contribution in [0.15, 0.2) is 48.5 Å². The maximum absolute atomic E-state index is 15.0. The predicted molar refractivity (Wildman–Crippen MR) is 167 cm³/mol. The van der Waals surface area contributed by atoms with E-state index in [0.29, 0.717) is 37.3 Å². The number of rotatable bonds is 11. The molecule has 1 aliphatic rings. The number of methoxy groups -OCH3 is 1. The zero-order valence-electron chi connectivity index (χ0n) is 25.7. The highest BCUT2D eigenvalue weighted by Gasteiger charge is 2.29. The number of benzene rings is 2. The molecule has 1 saturated heterocycles. The third kappa shape index (κ3) is 6.82. The van der Waals surface area contributed by atoms with Crippen LogP contribution in [0.5, 0.6) is 0 Å². The normalized spacial score (nSPS) is 15.3. The molecule has 2 aromatic heterocycles. The van der Waals surface area contributed by atoms with Gasteiger partial charge in [-0.1, -0.05) is 24.3 Å². The fourth-order valence-corrected chi connectivity index (χ4v) is 6.48. The molecule has 1 unspecified atom stereocenters. The summed E-state index contributed by atoms with van der Waals surface area (Å²) in [6, 6.07) is 14.8. The fraction of sp³-hybridized carbons (Fsp3) is 0.441. The molecule has 0 bridgehead atoms. The highest BCUT2D eigenvalue weighted by atomic mass is 19.1. The van der Waals surface area contributed by atoms with E-state index in [0.717, 1.165) is 72.2 Å². The molecule has 43 heavy (non-hydrogen) atoms. The number of nitrogens with zero attached hydrogens (tertiary/aromatic N) is 4. The number of para-hydroxylation sites is 1. The van der Waals surface area contributed by atoms with Gasteiger partial charge in [0.2, 0.25) is 5.91 Å². The van der Waals surface area contributed by atoms with Gasteiger partial charge in [-0.25, -0.2) is 4.39 Å². The minimum Gasteiger partial charge on any atom is -0.385 e. The van der Waals surface area contributed by atoms with E-state index in [1.165, 1.54) is 6.07 Å². The van der Waals surface area contributed by atoms with Gasteiger partial charge in [-0.2, -0.15) is 5.10 Å². The monoisotopic (exact) mass is 587 g/mol. The lowest BCUT2D eigenvalue weighted by atomic mass is 9.91. The molecule has 1 N–H and O–H groups in total. The molecule has 0 aliphatic carbocycles. The van der Waals surface area contributed by atoms with Crippen molar-refractivity contribution in [2.24, 2.45) is 7.05 Å². The van der Waals surface area contributed by atoms with Crippen molar-refractivity contribution in [3.63, 3.8) is 0 Å². The lowest BCUT2D eigenvalue weighted by Gasteiger charge is -2.34. The fourth-order valence-electron chi connectivity index (χ4n) is 6.48.